The fourth-order valence-corrected chi connectivity index (χ4v) is 8.50. The molecule has 0 aromatic heterocycles. The number of carbonyl (C=O) groups is 1. The van der Waals surface area contributed by atoms with Crippen LogP contribution in [0.25, 0.3) is 22.3 Å². The summed E-state index contributed by atoms with van der Waals surface area (Å²) >= 11 is 0. The van der Waals surface area contributed by atoms with Gasteiger partial charge in [-0.25, -0.2) is 4.79 Å². The third-order valence-electron chi connectivity index (χ3n) is 11.1. The molecule has 0 N–H and O–H groups in total. The molecule has 0 spiro atoms. The van der Waals surface area contributed by atoms with Crippen LogP contribution in [-0.2, 0) is 25.2 Å². The molecule has 11 heteroatoms. The van der Waals surface area contributed by atoms with E-state index in [1.165, 1.54) is 24.3 Å². The molecule has 0 bridgehead atoms. The van der Waals surface area contributed by atoms with Gasteiger partial charge >= 0.3 is 18.4 Å². The minimum atomic E-state index is -4.42. The zero-order valence-electron chi connectivity index (χ0n) is 29.0. The molecule has 2 saturated heterocycles. The molecule has 0 radical (unpaired) electrons. The Morgan fingerprint density at radius 2 is 0.885 bits per heavy atom. The number of hydrogen-bond acceptors (Lipinski definition) is 3. The summed E-state index contributed by atoms with van der Waals surface area (Å²) in [5.41, 5.74) is 5.83. The van der Waals surface area contributed by atoms with Gasteiger partial charge in [0, 0.05) is 39.3 Å². The Bertz CT molecular complexity index is 1820. The van der Waals surface area contributed by atoms with E-state index < -0.39 is 23.5 Å². The van der Waals surface area contributed by atoms with Crippen molar-refractivity contribution in [3.8, 4) is 22.3 Å². The summed E-state index contributed by atoms with van der Waals surface area (Å²) in [4.78, 5) is 23.6. The fourth-order valence-electron chi connectivity index (χ4n) is 8.50. The monoisotopic (exact) mass is 718 g/mol. The minimum Gasteiger partial charge on any atom is -0.304 e. The van der Waals surface area contributed by atoms with Crippen molar-refractivity contribution in [3.05, 3.63) is 118 Å². The Kier molecular flexibility index (Phi) is 8.65. The third-order valence-corrected chi connectivity index (χ3v) is 11.1. The normalized spacial score (nSPS) is 21.7. The Hall–Kier alpha value is -4.35. The van der Waals surface area contributed by atoms with Crippen molar-refractivity contribution in [2.45, 2.75) is 51.4 Å². The van der Waals surface area contributed by atoms with Crippen LogP contribution in [0.5, 0.6) is 0 Å². The van der Waals surface area contributed by atoms with Crippen LogP contribution in [0, 0.1) is 11.8 Å². The summed E-state index contributed by atoms with van der Waals surface area (Å²) in [6, 6.07) is 22.4. The highest BCUT2D eigenvalue weighted by molar-refractivity contribution is 5.77. The topological polar surface area (TPSA) is 30.0 Å². The Morgan fingerprint density at radius 3 is 1.21 bits per heavy atom. The molecule has 4 heterocycles. The first-order valence-electron chi connectivity index (χ1n) is 17.9. The SMILES string of the molecule is CC1CN(C2c3cc(-c4ccc(C(F)(F)F)cc4)ccc3CCN2C(=O)N2CCc3ccc(-c4ccc(C(F)(F)F)cc4)cc3C2N2CC(C)C2)C1. The first-order chi connectivity index (χ1) is 24.7. The lowest BCUT2D eigenvalue weighted by Crippen LogP contribution is -2.61. The van der Waals surface area contributed by atoms with E-state index >= 15 is 4.79 Å². The van der Waals surface area contributed by atoms with Crippen molar-refractivity contribution in [1.82, 2.24) is 19.6 Å². The molecule has 8 rings (SSSR count). The fraction of sp³-hybridized carbons (Fsp3) is 0.390. The van der Waals surface area contributed by atoms with Gasteiger partial charge in [-0.15, -0.1) is 0 Å². The van der Waals surface area contributed by atoms with Crippen LogP contribution in [0.3, 0.4) is 0 Å². The molecule has 2 atom stereocenters. The van der Waals surface area contributed by atoms with Gasteiger partial charge in [0.05, 0.1) is 11.1 Å². The number of urea groups is 1. The van der Waals surface area contributed by atoms with E-state index in [1.54, 1.807) is 0 Å². The molecule has 4 aliphatic rings. The summed E-state index contributed by atoms with van der Waals surface area (Å²) in [6.07, 6.45) is -8.17. The first kappa shape index (κ1) is 34.7. The van der Waals surface area contributed by atoms with E-state index in [1.807, 2.05) is 46.2 Å². The Morgan fingerprint density at radius 1 is 0.538 bits per heavy atom. The zero-order valence-corrected chi connectivity index (χ0v) is 29.0. The molecule has 2 amide bonds. The molecule has 5 nitrogen and oxygen atoms in total. The van der Waals surface area contributed by atoms with E-state index in [0.29, 0.717) is 48.9 Å². The maximum atomic E-state index is 15.0. The van der Waals surface area contributed by atoms with Crippen molar-refractivity contribution in [2.75, 3.05) is 39.3 Å². The van der Waals surface area contributed by atoms with Gasteiger partial charge in [0.2, 0.25) is 0 Å². The highest BCUT2D eigenvalue weighted by atomic mass is 19.4. The van der Waals surface area contributed by atoms with Gasteiger partial charge in [-0.1, -0.05) is 62.4 Å². The number of halogens is 6. The second kappa shape index (κ2) is 12.9. The Labute approximate surface area is 299 Å². The van der Waals surface area contributed by atoms with Crippen molar-refractivity contribution >= 4 is 6.03 Å². The molecule has 4 aromatic rings. The van der Waals surface area contributed by atoms with Crippen LogP contribution in [0.1, 0.15) is 59.6 Å². The molecule has 4 aliphatic heterocycles. The van der Waals surface area contributed by atoms with Crippen LogP contribution < -0.4 is 0 Å². The Balaban J connectivity index is 1.13. The minimum absolute atomic E-state index is 0.0646. The molecule has 4 aromatic carbocycles. The van der Waals surface area contributed by atoms with Gasteiger partial charge in [0.1, 0.15) is 12.3 Å². The summed E-state index contributed by atoms with van der Waals surface area (Å²) in [5, 5.41) is 0. The smallest absolute Gasteiger partial charge is 0.304 e. The summed E-state index contributed by atoms with van der Waals surface area (Å²) < 4.78 is 79.8. The number of amides is 2. The number of likely N-dealkylation sites (tertiary alicyclic amines) is 2. The van der Waals surface area contributed by atoms with Crippen LogP contribution in [0.15, 0.2) is 84.9 Å². The number of carbonyl (C=O) groups excluding carboxylic acids is 1. The second-order valence-corrected chi connectivity index (χ2v) is 15.0. The van der Waals surface area contributed by atoms with Crippen LogP contribution >= 0.6 is 0 Å². The number of alkyl halides is 6. The van der Waals surface area contributed by atoms with E-state index in [9.17, 15) is 26.3 Å². The number of benzene rings is 4. The lowest BCUT2D eigenvalue weighted by molar-refractivity contribution is -0.138. The number of hydrogen-bond donors (Lipinski definition) is 0. The van der Waals surface area contributed by atoms with E-state index in [0.717, 1.165) is 83.8 Å². The second-order valence-electron chi connectivity index (χ2n) is 15.0. The lowest BCUT2D eigenvalue weighted by atomic mass is 9.88. The first-order valence-corrected chi connectivity index (χ1v) is 17.9. The number of rotatable bonds is 4. The molecule has 2 unspecified atom stereocenters. The van der Waals surface area contributed by atoms with Gasteiger partial charge in [0.25, 0.3) is 0 Å². The van der Waals surface area contributed by atoms with E-state index in [4.69, 9.17) is 0 Å². The molecular weight excluding hydrogens is 678 g/mol. The van der Waals surface area contributed by atoms with Crippen LogP contribution in [0.4, 0.5) is 31.1 Å². The maximum absolute atomic E-state index is 15.0. The third kappa shape index (κ3) is 6.36. The predicted octanol–water partition coefficient (Wildman–Crippen LogP) is 9.50. The van der Waals surface area contributed by atoms with Crippen molar-refractivity contribution < 1.29 is 31.1 Å². The highest BCUT2D eigenvalue weighted by Crippen LogP contribution is 2.44. The van der Waals surface area contributed by atoms with Crippen LogP contribution in [0.2, 0.25) is 0 Å². The molecule has 272 valence electrons. The van der Waals surface area contributed by atoms with Crippen LogP contribution in [-0.4, -0.2) is 64.9 Å². The van der Waals surface area contributed by atoms with Gasteiger partial charge in [0.15, 0.2) is 0 Å². The average Bonchev–Trinajstić information content (AvgIpc) is 3.10. The summed E-state index contributed by atoms with van der Waals surface area (Å²) in [5.74, 6) is 0.947. The van der Waals surface area contributed by atoms with Gasteiger partial charge in [-0.2, -0.15) is 26.3 Å². The maximum Gasteiger partial charge on any atom is 0.416 e. The largest absolute Gasteiger partial charge is 0.416 e. The average molecular weight is 719 g/mol. The van der Waals surface area contributed by atoms with E-state index in [-0.39, 0.29) is 18.4 Å². The molecule has 2 fully saturated rings. The van der Waals surface area contributed by atoms with Gasteiger partial charge in [-0.3, -0.25) is 9.80 Å². The highest BCUT2D eigenvalue weighted by Gasteiger charge is 2.46. The summed E-state index contributed by atoms with van der Waals surface area (Å²) in [7, 11) is 0. The van der Waals surface area contributed by atoms with Crippen molar-refractivity contribution in [2.24, 2.45) is 11.8 Å². The summed E-state index contributed by atoms with van der Waals surface area (Å²) in [6.45, 7) is 8.72. The standard InChI is InChI=1S/C41H40F6N4O/c1-25-21-48(22-25)37-35-19-31(27-7-11-33(12-8-27)40(42,43)44)5-3-29(35)15-17-50(37)39(52)51-18-16-30-4-6-32(20-36(30)38(51)49-23-26(2)24-49)28-9-13-34(14-10-28)41(45,46)47/h3-14,19-20,25-26,37-38H,15-18,21-24H2,1-2H3. The molecule has 0 aliphatic carbocycles. The number of fused-ring (bicyclic) bond motifs is 2. The molecule has 0 saturated carbocycles. The number of nitrogens with zero attached hydrogens (tertiary/aromatic N) is 4. The predicted molar refractivity (Wildman–Crippen MR) is 187 cm³/mol. The van der Waals surface area contributed by atoms with Crippen molar-refractivity contribution in [3.63, 3.8) is 0 Å². The quantitative estimate of drug-likeness (QED) is 0.197. The molecule has 52 heavy (non-hydrogen) atoms. The van der Waals surface area contributed by atoms with Crippen molar-refractivity contribution in [1.29, 1.82) is 0 Å². The van der Waals surface area contributed by atoms with Gasteiger partial charge < -0.3 is 9.80 Å². The zero-order chi connectivity index (χ0) is 36.5. The molecular formula is C41H40F6N4O. The lowest BCUT2D eigenvalue weighted by Gasteiger charge is -2.54. The van der Waals surface area contributed by atoms with E-state index in [2.05, 4.69) is 23.6 Å². The van der Waals surface area contributed by atoms with Gasteiger partial charge in [-0.05, 0) is 106 Å².